The van der Waals surface area contributed by atoms with Gasteiger partial charge in [-0.15, -0.1) is 0 Å². The molecule has 0 amide bonds. The zero-order valence-corrected chi connectivity index (χ0v) is 24.7. The van der Waals surface area contributed by atoms with Crippen LogP contribution in [0.3, 0.4) is 0 Å². The van der Waals surface area contributed by atoms with Crippen molar-refractivity contribution in [3.05, 3.63) is 59.2 Å². The predicted molar refractivity (Wildman–Crippen MR) is 160 cm³/mol. The molecule has 0 radical (unpaired) electrons. The molecule has 2 aromatic rings. The van der Waals surface area contributed by atoms with Gasteiger partial charge in [-0.3, -0.25) is 0 Å². The fourth-order valence-electron chi connectivity index (χ4n) is 7.06. The molecule has 0 bridgehead atoms. The van der Waals surface area contributed by atoms with Crippen LogP contribution in [0.5, 0.6) is 0 Å². The molecule has 216 valence electrons. The quantitative estimate of drug-likeness (QED) is 0.217. The summed E-state index contributed by atoms with van der Waals surface area (Å²) < 4.78 is 35.9. The Balaban J connectivity index is 1.23. The van der Waals surface area contributed by atoms with Gasteiger partial charge in [0.1, 0.15) is 11.6 Å². The van der Waals surface area contributed by atoms with Crippen LogP contribution in [0.25, 0.3) is 11.1 Å². The lowest BCUT2D eigenvalue weighted by Crippen LogP contribution is -2.18. The summed E-state index contributed by atoms with van der Waals surface area (Å²) in [5.41, 5.74) is 2.98. The van der Waals surface area contributed by atoms with Gasteiger partial charge in [0.25, 0.3) is 0 Å². The lowest BCUT2D eigenvalue weighted by molar-refractivity contribution is 0.0808. The summed E-state index contributed by atoms with van der Waals surface area (Å²) in [5.74, 6) is 2.44. The van der Waals surface area contributed by atoms with E-state index in [-0.39, 0.29) is 11.6 Å². The Morgan fingerprint density at radius 1 is 0.692 bits per heavy atom. The molecule has 39 heavy (non-hydrogen) atoms. The summed E-state index contributed by atoms with van der Waals surface area (Å²) in [6, 6.07) is 11.1. The van der Waals surface area contributed by atoms with Crippen molar-refractivity contribution in [2.24, 2.45) is 17.8 Å². The number of unbranched alkanes of at least 4 members (excludes halogenated alkanes) is 2. The van der Waals surface area contributed by atoms with E-state index >= 15 is 4.39 Å². The third-order valence-corrected chi connectivity index (χ3v) is 9.64. The Morgan fingerprint density at radius 3 is 2.03 bits per heavy atom. The molecule has 2 aromatic carbocycles. The molecule has 2 saturated carbocycles. The van der Waals surface area contributed by atoms with E-state index in [2.05, 4.69) is 26.0 Å². The maximum absolute atomic E-state index is 15.1. The highest BCUT2D eigenvalue weighted by Crippen LogP contribution is 2.37. The number of benzene rings is 2. The van der Waals surface area contributed by atoms with E-state index in [1.165, 1.54) is 94.7 Å². The first-order chi connectivity index (χ1) is 19.1. The van der Waals surface area contributed by atoms with E-state index in [4.69, 9.17) is 4.74 Å². The normalized spacial score (nSPS) is 23.7. The van der Waals surface area contributed by atoms with Crippen LogP contribution in [-0.4, -0.2) is 13.2 Å². The molecule has 0 heterocycles. The average Bonchev–Trinajstić information content (AvgIpc) is 2.96. The third kappa shape index (κ3) is 9.13. The van der Waals surface area contributed by atoms with Crippen LogP contribution < -0.4 is 0 Å². The molecule has 3 heteroatoms. The molecule has 4 rings (SSSR count). The SMILES string of the molecule is CCCCOCC1CCC(c2ccc(-c3cc(F)c(CCCCC4CCC(CCC)CC4)cc3F)cc2)CC1. The standard InChI is InChI=1S/C36H52F2O/c1-3-5-23-39-26-29-15-17-30(18-16-29)31-19-21-32(22-20-31)34-25-35(37)33(24-36(34)38)10-7-6-9-28-13-11-27(8-4-2)12-14-28/h19-22,24-25,27-30H,3-18,23,26H2,1-2H3. The molecule has 0 spiro atoms. The minimum atomic E-state index is -0.308. The van der Waals surface area contributed by atoms with Gasteiger partial charge in [-0.1, -0.05) is 95.9 Å². The number of aryl methyl sites for hydroxylation is 1. The van der Waals surface area contributed by atoms with E-state index in [9.17, 15) is 4.39 Å². The van der Waals surface area contributed by atoms with Crippen LogP contribution in [0.4, 0.5) is 8.78 Å². The molecule has 0 aromatic heterocycles. The summed E-state index contributed by atoms with van der Waals surface area (Å²) in [4.78, 5) is 0. The van der Waals surface area contributed by atoms with E-state index in [1.807, 2.05) is 12.1 Å². The number of hydrogen-bond donors (Lipinski definition) is 0. The highest BCUT2D eigenvalue weighted by atomic mass is 19.1. The Kier molecular flexibility index (Phi) is 12.3. The topological polar surface area (TPSA) is 9.23 Å². The second kappa shape index (κ2) is 15.9. The highest BCUT2D eigenvalue weighted by Gasteiger charge is 2.23. The van der Waals surface area contributed by atoms with E-state index in [0.717, 1.165) is 49.9 Å². The molecule has 0 saturated heterocycles. The van der Waals surface area contributed by atoms with Gasteiger partial charge < -0.3 is 4.74 Å². The summed E-state index contributed by atoms with van der Waals surface area (Å²) >= 11 is 0. The summed E-state index contributed by atoms with van der Waals surface area (Å²) in [6.45, 7) is 6.26. The summed E-state index contributed by atoms with van der Waals surface area (Å²) in [7, 11) is 0. The largest absolute Gasteiger partial charge is 0.381 e. The first-order valence-electron chi connectivity index (χ1n) is 16.2. The van der Waals surface area contributed by atoms with Crippen LogP contribution in [0, 0.1) is 29.4 Å². The van der Waals surface area contributed by atoms with E-state index in [0.29, 0.717) is 29.4 Å². The zero-order chi connectivity index (χ0) is 27.5. The van der Waals surface area contributed by atoms with Crippen molar-refractivity contribution in [1.82, 2.24) is 0 Å². The second-order valence-corrected chi connectivity index (χ2v) is 12.6. The molecule has 0 unspecified atom stereocenters. The van der Waals surface area contributed by atoms with Crippen LogP contribution in [0.1, 0.15) is 127 Å². The average molecular weight is 539 g/mol. The maximum atomic E-state index is 15.1. The van der Waals surface area contributed by atoms with Gasteiger partial charge in [0.05, 0.1) is 0 Å². The molecular weight excluding hydrogens is 486 g/mol. The summed E-state index contributed by atoms with van der Waals surface area (Å²) in [6.07, 6.45) is 19.2. The molecule has 0 N–H and O–H groups in total. The highest BCUT2D eigenvalue weighted by molar-refractivity contribution is 5.65. The Labute approximate surface area is 237 Å². The first-order valence-corrected chi connectivity index (χ1v) is 16.2. The fraction of sp³-hybridized carbons (Fsp3) is 0.667. The maximum Gasteiger partial charge on any atom is 0.131 e. The third-order valence-electron chi connectivity index (χ3n) is 9.64. The van der Waals surface area contributed by atoms with Crippen molar-refractivity contribution in [1.29, 1.82) is 0 Å². The Hall–Kier alpha value is -1.74. The number of halogens is 2. The van der Waals surface area contributed by atoms with Gasteiger partial charge in [0.2, 0.25) is 0 Å². The molecule has 0 atom stereocenters. The fourth-order valence-corrected chi connectivity index (χ4v) is 7.06. The summed E-state index contributed by atoms with van der Waals surface area (Å²) in [5, 5.41) is 0. The lowest BCUT2D eigenvalue weighted by atomic mass is 9.78. The molecule has 2 aliphatic carbocycles. The van der Waals surface area contributed by atoms with Crippen molar-refractivity contribution in [2.45, 2.75) is 122 Å². The van der Waals surface area contributed by atoms with Crippen molar-refractivity contribution < 1.29 is 13.5 Å². The lowest BCUT2D eigenvalue weighted by Gasteiger charge is -2.28. The Bertz CT molecular complexity index is 968. The number of rotatable bonds is 14. The zero-order valence-electron chi connectivity index (χ0n) is 24.7. The minimum Gasteiger partial charge on any atom is -0.381 e. The molecule has 2 aliphatic rings. The minimum absolute atomic E-state index is 0.268. The van der Waals surface area contributed by atoms with Gasteiger partial charge in [-0.2, -0.15) is 0 Å². The van der Waals surface area contributed by atoms with Crippen LogP contribution in [0.2, 0.25) is 0 Å². The predicted octanol–water partition coefficient (Wildman–Crippen LogP) is 11.0. The monoisotopic (exact) mass is 538 g/mol. The van der Waals surface area contributed by atoms with Gasteiger partial charge >= 0.3 is 0 Å². The van der Waals surface area contributed by atoms with Crippen LogP contribution in [-0.2, 0) is 11.2 Å². The first kappa shape index (κ1) is 30.2. The van der Waals surface area contributed by atoms with E-state index in [1.54, 1.807) is 0 Å². The van der Waals surface area contributed by atoms with Gasteiger partial charge in [-0.05, 0) is 97.4 Å². The van der Waals surface area contributed by atoms with Gasteiger partial charge in [0.15, 0.2) is 0 Å². The van der Waals surface area contributed by atoms with Gasteiger partial charge in [-0.25, -0.2) is 8.78 Å². The number of ether oxygens (including phenoxy) is 1. The van der Waals surface area contributed by atoms with Crippen molar-refractivity contribution in [3.63, 3.8) is 0 Å². The van der Waals surface area contributed by atoms with Gasteiger partial charge in [0, 0.05) is 18.8 Å². The molecular formula is C36H52F2O. The van der Waals surface area contributed by atoms with E-state index < -0.39 is 0 Å². The van der Waals surface area contributed by atoms with Crippen molar-refractivity contribution in [2.75, 3.05) is 13.2 Å². The van der Waals surface area contributed by atoms with Crippen LogP contribution in [0.15, 0.2) is 36.4 Å². The molecule has 0 aliphatic heterocycles. The molecule has 2 fully saturated rings. The smallest absolute Gasteiger partial charge is 0.131 e. The Morgan fingerprint density at radius 2 is 1.36 bits per heavy atom. The number of hydrogen-bond acceptors (Lipinski definition) is 1. The van der Waals surface area contributed by atoms with Crippen molar-refractivity contribution in [3.8, 4) is 11.1 Å². The van der Waals surface area contributed by atoms with Crippen LogP contribution >= 0.6 is 0 Å². The second-order valence-electron chi connectivity index (χ2n) is 12.6. The molecule has 1 nitrogen and oxygen atoms in total. The van der Waals surface area contributed by atoms with Crippen molar-refractivity contribution >= 4 is 0 Å².